The Morgan fingerprint density at radius 1 is 1.41 bits per heavy atom. The topological polar surface area (TPSA) is 46.6 Å². The Balaban J connectivity index is 2.65. The standard InChI is InChI=1S/C13H21NO3/c1-9(2)6-10-7-11(15)14(8-10)12(16)17-13(3,4)5/h6,10H,7-8H2,1-5H3. The van der Waals surface area contributed by atoms with Crippen molar-refractivity contribution in [1.82, 2.24) is 4.90 Å². The Bertz CT molecular complexity index is 348. The molecule has 2 amide bonds. The SMILES string of the molecule is CC(C)=CC1CC(=O)N(C(=O)OC(C)(C)C)C1. The van der Waals surface area contributed by atoms with Gasteiger partial charge in [-0.1, -0.05) is 11.6 Å². The highest BCUT2D eigenvalue weighted by molar-refractivity contribution is 5.94. The van der Waals surface area contributed by atoms with Crippen molar-refractivity contribution in [2.75, 3.05) is 6.54 Å². The Morgan fingerprint density at radius 3 is 2.47 bits per heavy atom. The second-order valence-electron chi connectivity index (χ2n) is 5.69. The third kappa shape index (κ3) is 4.21. The van der Waals surface area contributed by atoms with E-state index in [-0.39, 0.29) is 11.8 Å². The lowest BCUT2D eigenvalue weighted by Gasteiger charge is -2.23. The summed E-state index contributed by atoms with van der Waals surface area (Å²) in [6, 6.07) is 0. The molecule has 1 unspecified atom stereocenters. The van der Waals surface area contributed by atoms with Gasteiger partial charge < -0.3 is 4.74 Å². The molecule has 1 fully saturated rings. The van der Waals surface area contributed by atoms with Gasteiger partial charge in [-0.2, -0.15) is 0 Å². The lowest BCUT2D eigenvalue weighted by atomic mass is 10.1. The van der Waals surface area contributed by atoms with Crippen molar-refractivity contribution < 1.29 is 14.3 Å². The summed E-state index contributed by atoms with van der Waals surface area (Å²) in [5.41, 5.74) is 0.597. The molecule has 0 N–H and O–H groups in total. The zero-order valence-corrected chi connectivity index (χ0v) is 11.2. The number of nitrogens with zero attached hydrogens (tertiary/aromatic N) is 1. The number of hydrogen-bond donors (Lipinski definition) is 0. The van der Waals surface area contributed by atoms with Crippen LogP contribution in [-0.2, 0) is 9.53 Å². The molecular formula is C13H21NO3. The molecule has 17 heavy (non-hydrogen) atoms. The van der Waals surface area contributed by atoms with Crippen molar-refractivity contribution in [3.8, 4) is 0 Å². The summed E-state index contributed by atoms with van der Waals surface area (Å²) in [6.45, 7) is 9.78. The van der Waals surface area contributed by atoms with Crippen LogP contribution in [0, 0.1) is 5.92 Å². The predicted molar refractivity (Wildman–Crippen MR) is 65.5 cm³/mol. The van der Waals surface area contributed by atoms with E-state index in [1.807, 2.05) is 19.9 Å². The molecule has 0 radical (unpaired) electrons. The van der Waals surface area contributed by atoms with Crippen LogP contribution in [0.1, 0.15) is 41.0 Å². The number of allylic oxidation sites excluding steroid dienone is 1. The summed E-state index contributed by atoms with van der Waals surface area (Å²) >= 11 is 0. The Kier molecular flexibility index (Phi) is 3.96. The first-order valence-corrected chi connectivity index (χ1v) is 5.87. The van der Waals surface area contributed by atoms with Gasteiger partial charge in [-0.25, -0.2) is 9.69 Å². The van der Waals surface area contributed by atoms with Crippen LogP contribution >= 0.6 is 0 Å². The van der Waals surface area contributed by atoms with Gasteiger partial charge in [0.05, 0.1) is 0 Å². The summed E-state index contributed by atoms with van der Waals surface area (Å²) in [4.78, 5) is 24.7. The Labute approximate surface area is 103 Å². The highest BCUT2D eigenvalue weighted by Gasteiger charge is 2.35. The molecule has 1 atom stereocenters. The summed E-state index contributed by atoms with van der Waals surface area (Å²) in [5.74, 6) is -0.0261. The number of ether oxygens (including phenoxy) is 1. The second-order valence-corrected chi connectivity index (χ2v) is 5.69. The van der Waals surface area contributed by atoms with Gasteiger partial charge in [-0.15, -0.1) is 0 Å². The first-order valence-electron chi connectivity index (χ1n) is 5.87. The Hall–Kier alpha value is -1.32. The van der Waals surface area contributed by atoms with E-state index in [1.54, 1.807) is 20.8 Å². The number of amides is 2. The van der Waals surface area contributed by atoms with E-state index in [4.69, 9.17) is 4.74 Å². The van der Waals surface area contributed by atoms with E-state index < -0.39 is 11.7 Å². The van der Waals surface area contributed by atoms with Gasteiger partial charge >= 0.3 is 6.09 Å². The van der Waals surface area contributed by atoms with Crippen molar-refractivity contribution >= 4 is 12.0 Å². The molecule has 4 nitrogen and oxygen atoms in total. The van der Waals surface area contributed by atoms with Crippen LogP contribution in [0.15, 0.2) is 11.6 Å². The van der Waals surface area contributed by atoms with E-state index in [9.17, 15) is 9.59 Å². The zero-order valence-electron chi connectivity index (χ0n) is 11.2. The van der Waals surface area contributed by atoms with Gasteiger partial charge in [0.25, 0.3) is 0 Å². The summed E-state index contributed by atoms with van der Waals surface area (Å²) < 4.78 is 5.19. The molecule has 1 saturated heterocycles. The number of rotatable bonds is 1. The molecule has 1 aliphatic heterocycles. The monoisotopic (exact) mass is 239 g/mol. The normalized spacial score (nSPS) is 20.4. The van der Waals surface area contributed by atoms with E-state index in [0.717, 1.165) is 5.57 Å². The van der Waals surface area contributed by atoms with Crippen molar-refractivity contribution in [2.45, 2.75) is 46.6 Å². The van der Waals surface area contributed by atoms with Crippen LogP contribution in [0.25, 0.3) is 0 Å². The molecule has 0 bridgehead atoms. The average Bonchev–Trinajstić information content (AvgIpc) is 2.42. The number of imide groups is 1. The van der Waals surface area contributed by atoms with Crippen molar-refractivity contribution in [1.29, 1.82) is 0 Å². The molecule has 1 aliphatic rings. The minimum absolute atomic E-state index is 0.125. The van der Waals surface area contributed by atoms with Crippen LogP contribution in [0.5, 0.6) is 0 Å². The molecular weight excluding hydrogens is 218 g/mol. The molecule has 0 saturated carbocycles. The molecule has 1 rings (SSSR count). The van der Waals surface area contributed by atoms with E-state index in [0.29, 0.717) is 13.0 Å². The molecule has 0 aromatic carbocycles. The van der Waals surface area contributed by atoms with Crippen LogP contribution in [0.4, 0.5) is 4.79 Å². The van der Waals surface area contributed by atoms with Gasteiger partial charge in [-0.3, -0.25) is 4.79 Å². The fourth-order valence-corrected chi connectivity index (χ4v) is 1.81. The van der Waals surface area contributed by atoms with Crippen molar-refractivity contribution in [3.05, 3.63) is 11.6 Å². The van der Waals surface area contributed by atoms with Gasteiger partial charge in [0, 0.05) is 18.9 Å². The van der Waals surface area contributed by atoms with Gasteiger partial charge in [0.15, 0.2) is 0 Å². The first kappa shape index (κ1) is 13.7. The fourth-order valence-electron chi connectivity index (χ4n) is 1.81. The third-order valence-corrected chi connectivity index (χ3v) is 2.34. The molecule has 0 aromatic heterocycles. The minimum Gasteiger partial charge on any atom is -0.443 e. The lowest BCUT2D eigenvalue weighted by molar-refractivity contribution is -0.127. The van der Waals surface area contributed by atoms with E-state index >= 15 is 0 Å². The highest BCUT2D eigenvalue weighted by atomic mass is 16.6. The average molecular weight is 239 g/mol. The van der Waals surface area contributed by atoms with Crippen LogP contribution in [-0.4, -0.2) is 29.0 Å². The lowest BCUT2D eigenvalue weighted by Crippen LogP contribution is -2.37. The smallest absolute Gasteiger partial charge is 0.417 e. The largest absolute Gasteiger partial charge is 0.443 e. The molecule has 96 valence electrons. The van der Waals surface area contributed by atoms with Crippen LogP contribution < -0.4 is 0 Å². The molecule has 0 aliphatic carbocycles. The van der Waals surface area contributed by atoms with Gasteiger partial charge in [0.1, 0.15) is 5.60 Å². The summed E-state index contributed by atoms with van der Waals surface area (Å²) in [7, 11) is 0. The summed E-state index contributed by atoms with van der Waals surface area (Å²) in [6.07, 6.45) is 1.89. The van der Waals surface area contributed by atoms with Crippen molar-refractivity contribution in [2.24, 2.45) is 5.92 Å². The van der Waals surface area contributed by atoms with Gasteiger partial charge in [-0.05, 0) is 34.6 Å². The van der Waals surface area contributed by atoms with Gasteiger partial charge in [0.2, 0.25) is 5.91 Å². The summed E-state index contributed by atoms with van der Waals surface area (Å²) in [5, 5.41) is 0. The van der Waals surface area contributed by atoms with Crippen LogP contribution in [0.2, 0.25) is 0 Å². The quantitative estimate of drug-likeness (QED) is 0.661. The van der Waals surface area contributed by atoms with E-state index in [2.05, 4.69) is 0 Å². The molecule has 4 heteroatoms. The van der Waals surface area contributed by atoms with Crippen LogP contribution in [0.3, 0.4) is 0 Å². The fraction of sp³-hybridized carbons (Fsp3) is 0.692. The molecule has 0 spiro atoms. The zero-order chi connectivity index (χ0) is 13.2. The third-order valence-electron chi connectivity index (χ3n) is 2.34. The van der Waals surface area contributed by atoms with Crippen molar-refractivity contribution in [3.63, 3.8) is 0 Å². The number of carbonyl (C=O) groups is 2. The molecule has 1 heterocycles. The predicted octanol–water partition coefficient (Wildman–Crippen LogP) is 2.74. The highest BCUT2D eigenvalue weighted by Crippen LogP contribution is 2.22. The van der Waals surface area contributed by atoms with E-state index in [1.165, 1.54) is 4.90 Å². The number of hydrogen-bond acceptors (Lipinski definition) is 3. The maximum atomic E-state index is 11.8. The minimum atomic E-state index is -0.564. The maximum Gasteiger partial charge on any atom is 0.417 e. The number of carbonyl (C=O) groups excluding carboxylic acids is 2. The maximum absolute atomic E-state index is 11.8. The second kappa shape index (κ2) is 4.90. The molecule has 0 aromatic rings. The first-order chi connectivity index (χ1) is 7.69. The number of likely N-dealkylation sites (tertiary alicyclic amines) is 1. The Morgan fingerprint density at radius 2 is 2.00 bits per heavy atom.